The van der Waals surface area contributed by atoms with Gasteiger partial charge in [0.1, 0.15) is 0 Å². The smallest absolute Gasteiger partial charge is 0.244 e. The van der Waals surface area contributed by atoms with E-state index in [1.165, 1.54) is 6.92 Å². The molecule has 1 N–H and O–H groups in total. The van der Waals surface area contributed by atoms with Crippen LogP contribution in [-0.2, 0) is 9.59 Å². The van der Waals surface area contributed by atoms with Crippen molar-refractivity contribution in [2.45, 2.75) is 34.1 Å². The summed E-state index contributed by atoms with van der Waals surface area (Å²) in [6.07, 6.45) is 0.844. The van der Waals surface area contributed by atoms with E-state index in [0.717, 1.165) is 23.2 Å². The first kappa shape index (κ1) is 15.2. The van der Waals surface area contributed by atoms with Gasteiger partial charge in [0.15, 0.2) is 0 Å². The number of carbonyl (C=O) groups excluding carboxylic acids is 2. The van der Waals surface area contributed by atoms with Gasteiger partial charge < -0.3 is 10.2 Å². The maximum atomic E-state index is 12.0. The number of nitrogens with zero attached hydrogens (tertiary/aromatic N) is 1. The van der Waals surface area contributed by atoms with E-state index < -0.39 is 0 Å². The zero-order valence-electron chi connectivity index (χ0n) is 12.1. The number of amides is 2. The normalized spacial score (nSPS) is 10.1. The summed E-state index contributed by atoms with van der Waals surface area (Å²) in [7, 11) is 0. The van der Waals surface area contributed by atoms with Crippen LogP contribution in [0.3, 0.4) is 0 Å². The maximum absolute atomic E-state index is 12.0. The minimum Gasteiger partial charge on any atom is -0.334 e. The van der Waals surface area contributed by atoms with E-state index in [2.05, 4.69) is 5.32 Å². The Labute approximate surface area is 114 Å². The zero-order chi connectivity index (χ0) is 14.4. The summed E-state index contributed by atoms with van der Waals surface area (Å²) in [6, 6.07) is 5.87. The van der Waals surface area contributed by atoms with Gasteiger partial charge >= 0.3 is 0 Å². The molecule has 0 radical (unpaired) electrons. The first-order chi connectivity index (χ1) is 8.95. The minimum absolute atomic E-state index is 0.0708. The van der Waals surface area contributed by atoms with Gasteiger partial charge in [-0.1, -0.05) is 25.1 Å². The average molecular weight is 262 g/mol. The average Bonchev–Trinajstić information content (AvgIpc) is 2.33. The Balaban J connectivity index is 2.72. The lowest BCUT2D eigenvalue weighted by molar-refractivity contribution is -0.132. The Bertz CT molecular complexity index is 449. The van der Waals surface area contributed by atoms with Crippen LogP contribution in [-0.4, -0.2) is 29.8 Å². The number of hydrogen-bond acceptors (Lipinski definition) is 2. The van der Waals surface area contributed by atoms with Gasteiger partial charge in [-0.3, -0.25) is 9.59 Å². The van der Waals surface area contributed by atoms with Gasteiger partial charge in [-0.25, -0.2) is 0 Å². The predicted octanol–water partition coefficient (Wildman–Crippen LogP) is 2.50. The summed E-state index contributed by atoms with van der Waals surface area (Å²) < 4.78 is 0. The fraction of sp³-hybridized carbons (Fsp3) is 0.467. The van der Waals surface area contributed by atoms with Crippen molar-refractivity contribution in [2.75, 3.05) is 18.4 Å². The number of nitrogens with one attached hydrogen (secondary N) is 1. The molecule has 4 nitrogen and oxygen atoms in total. The highest BCUT2D eigenvalue weighted by molar-refractivity contribution is 5.95. The molecule has 1 aromatic carbocycles. The van der Waals surface area contributed by atoms with Crippen molar-refractivity contribution in [1.29, 1.82) is 0 Å². The number of rotatable bonds is 5. The predicted molar refractivity (Wildman–Crippen MR) is 77.1 cm³/mol. The van der Waals surface area contributed by atoms with Crippen molar-refractivity contribution in [3.8, 4) is 0 Å². The fourth-order valence-corrected chi connectivity index (χ4v) is 1.98. The molecule has 0 unspecified atom stereocenters. The standard InChI is InChI=1S/C15H22N2O2/c1-5-9-17(13(4)18)10-14(19)16-15-11(2)7-6-8-12(15)3/h6-8H,5,9-10H2,1-4H3,(H,16,19). The highest BCUT2D eigenvalue weighted by Crippen LogP contribution is 2.19. The largest absolute Gasteiger partial charge is 0.334 e. The van der Waals surface area contributed by atoms with E-state index in [0.29, 0.717) is 6.54 Å². The van der Waals surface area contributed by atoms with Gasteiger partial charge in [0.2, 0.25) is 11.8 Å². The molecule has 19 heavy (non-hydrogen) atoms. The number of aryl methyl sites for hydroxylation is 2. The first-order valence-electron chi connectivity index (χ1n) is 6.57. The molecule has 0 bridgehead atoms. The first-order valence-corrected chi connectivity index (χ1v) is 6.57. The van der Waals surface area contributed by atoms with Crippen molar-refractivity contribution in [1.82, 2.24) is 4.90 Å². The van der Waals surface area contributed by atoms with Crippen LogP contribution in [0.5, 0.6) is 0 Å². The van der Waals surface area contributed by atoms with E-state index in [9.17, 15) is 9.59 Å². The molecule has 104 valence electrons. The fourth-order valence-electron chi connectivity index (χ4n) is 1.98. The Hall–Kier alpha value is -1.84. The van der Waals surface area contributed by atoms with Crippen molar-refractivity contribution in [2.24, 2.45) is 0 Å². The molecular formula is C15H22N2O2. The highest BCUT2D eigenvalue weighted by Gasteiger charge is 2.14. The molecule has 0 saturated heterocycles. The third kappa shape index (κ3) is 4.39. The number of carbonyl (C=O) groups is 2. The van der Waals surface area contributed by atoms with Crippen LogP contribution in [0.2, 0.25) is 0 Å². The molecule has 0 saturated carbocycles. The molecule has 4 heteroatoms. The Morgan fingerprint density at radius 3 is 2.26 bits per heavy atom. The van der Waals surface area contributed by atoms with Crippen LogP contribution < -0.4 is 5.32 Å². The lowest BCUT2D eigenvalue weighted by Crippen LogP contribution is -2.37. The summed E-state index contributed by atoms with van der Waals surface area (Å²) >= 11 is 0. The van der Waals surface area contributed by atoms with Gasteiger partial charge in [-0.05, 0) is 31.4 Å². The van der Waals surface area contributed by atoms with Gasteiger partial charge in [-0.2, -0.15) is 0 Å². The van der Waals surface area contributed by atoms with E-state index in [1.54, 1.807) is 4.90 Å². The van der Waals surface area contributed by atoms with Gasteiger partial charge in [0.25, 0.3) is 0 Å². The number of anilines is 1. The lowest BCUT2D eigenvalue weighted by Gasteiger charge is -2.20. The van der Waals surface area contributed by atoms with Gasteiger partial charge in [0.05, 0.1) is 6.54 Å². The van der Waals surface area contributed by atoms with Crippen molar-refractivity contribution in [3.63, 3.8) is 0 Å². The van der Waals surface area contributed by atoms with E-state index >= 15 is 0 Å². The molecule has 0 fully saturated rings. The summed E-state index contributed by atoms with van der Waals surface area (Å²) in [5, 5.41) is 2.89. The van der Waals surface area contributed by atoms with Crippen LogP contribution in [0, 0.1) is 13.8 Å². The third-order valence-electron chi connectivity index (χ3n) is 3.02. The third-order valence-corrected chi connectivity index (χ3v) is 3.02. The number of benzene rings is 1. The number of hydrogen-bond donors (Lipinski definition) is 1. The Morgan fingerprint density at radius 1 is 1.21 bits per heavy atom. The van der Waals surface area contributed by atoms with E-state index in [-0.39, 0.29) is 18.4 Å². The SMILES string of the molecule is CCCN(CC(=O)Nc1c(C)cccc1C)C(C)=O. The van der Waals surface area contributed by atoms with Crippen molar-refractivity contribution in [3.05, 3.63) is 29.3 Å². The van der Waals surface area contributed by atoms with Crippen LogP contribution in [0.4, 0.5) is 5.69 Å². The second-order valence-corrected chi connectivity index (χ2v) is 4.76. The molecule has 0 aromatic heterocycles. The monoisotopic (exact) mass is 262 g/mol. The van der Waals surface area contributed by atoms with Crippen LogP contribution in [0.1, 0.15) is 31.4 Å². The number of para-hydroxylation sites is 1. The minimum atomic E-state index is -0.152. The van der Waals surface area contributed by atoms with E-state index in [1.807, 2.05) is 39.0 Å². The van der Waals surface area contributed by atoms with Crippen molar-refractivity contribution >= 4 is 17.5 Å². The summed E-state index contributed by atoms with van der Waals surface area (Å²) in [5.74, 6) is -0.223. The Morgan fingerprint density at radius 2 is 1.79 bits per heavy atom. The summed E-state index contributed by atoms with van der Waals surface area (Å²) in [5.41, 5.74) is 2.89. The van der Waals surface area contributed by atoms with E-state index in [4.69, 9.17) is 0 Å². The Kier molecular flexibility index (Phi) is 5.55. The molecule has 0 aliphatic rings. The van der Waals surface area contributed by atoms with Crippen molar-refractivity contribution < 1.29 is 9.59 Å². The molecule has 0 atom stereocenters. The second-order valence-electron chi connectivity index (χ2n) is 4.76. The molecule has 1 rings (SSSR count). The molecule has 0 spiro atoms. The molecule has 0 aliphatic heterocycles. The van der Waals surface area contributed by atoms with Crippen LogP contribution >= 0.6 is 0 Å². The second kappa shape index (κ2) is 6.92. The molecule has 1 aromatic rings. The van der Waals surface area contributed by atoms with Crippen LogP contribution in [0.25, 0.3) is 0 Å². The molecule has 0 aliphatic carbocycles. The summed E-state index contributed by atoms with van der Waals surface area (Å²) in [4.78, 5) is 25.0. The lowest BCUT2D eigenvalue weighted by atomic mass is 10.1. The summed E-state index contributed by atoms with van der Waals surface area (Å²) in [6.45, 7) is 8.10. The molecule has 2 amide bonds. The molecule has 0 heterocycles. The van der Waals surface area contributed by atoms with Gasteiger partial charge in [0, 0.05) is 19.2 Å². The zero-order valence-corrected chi connectivity index (χ0v) is 12.1. The highest BCUT2D eigenvalue weighted by atomic mass is 16.2. The van der Waals surface area contributed by atoms with Crippen LogP contribution in [0.15, 0.2) is 18.2 Å². The topological polar surface area (TPSA) is 49.4 Å². The quantitative estimate of drug-likeness (QED) is 0.886. The maximum Gasteiger partial charge on any atom is 0.244 e. The molecular weight excluding hydrogens is 240 g/mol. The van der Waals surface area contributed by atoms with Gasteiger partial charge in [-0.15, -0.1) is 0 Å².